The minimum absolute atomic E-state index is 0.441. The van der Waals surface area contributed by atoms with Gasteiger partial charge in [-0.2, -0.15) is 0 Å². The van der Waals surface area contributed by atoms with Gasteiger partial charge in [-0.3, -0.25) is 15.4 Å². The largest absolute Gasteiger partial charge is 0.351 e. The Kier molecular flexibility index (Phi) is 4.01. The molecular formula is C9H15N5O2. The lowest BCUT2D eigenvalue weighted by Crippen LogP contribution is -2.46. The molecule has 7 heteroatoms. The fourth-order valence-electron chi connectivity index (χ4n) is 1.13. The number of carbonyl (C=O) groups excluding carboxylic acids is 2. The van der Waals surface area contributed by atoms with Gasteiger partial charge in [-0.25, -0.2) is 9.78 Å². The van der Waals surface area contributed by atoms with Crippen LogP contribution in [0.1, 0.15) is 12.7 Å². The molecule has 4 N–H and O–H groups in total. The maximum absolute atomic E-state index is 11.3. The van der Waals surface area contributed by atoms with E-state index in [2.05, 4.69) is 10.3 Å². The van der Waals surface area contributed by atoms with E-state index in [-0.39, 0.29) is 0 Å². The van der Waals surface area contributed by atoms with Crippen molar-refractivity contribution in [2.45, 2.75) is 19.5 Å². The van der Waals surface area contributed by atoms with Crippen molar-refractivity contribution < 1.29 is 9.59 Å². The number of aromatic nitrogens is 2. The molecule has 0 saturated heterocycles. The molecule has 0 aromatic carbocycles. The highest BCUT2D eigenvalue weighted by molar-refractivity contribution is 5.96. The highest BCUT2D eigenvalue weighted by Crippen LogP contribution is 1.94. The van der Waals surface area contributed by atoms with Gasteiger partial charge in [-0.1, -0.05) is 0 Å². The zero-order valence-corrected chi connectivity index (χ0v) is 9.23. The van der Waals surface area contributed by atoms with E-state index in [4.69, 9.17) is 5.73 Å². The Bertz CT molecular complexity index is 387. The number of nitrogens with one attached hydrogen (secondary N) is 2. The van der Waals surface area contributed by atoms with E-state index in [9.17, 15) is 9.59 Å². The third kappa shape index (κ3) is 3.35. The van der Waals surface area contributed by atoms with Gasteiger partial charge in [-0.15, -0.1) is 0 Å². The number of carbonyl (C=O) groups is 2. The van der Waals surface area contributed by atoms with Crippen LogP contribution in [-0.2, 0) is 18.4 Å². The molecule has 7 nitrogen and oxygen atoms in total. The molecule has 88 valence electrons. The monoisotopic (exact) mass is 225 g/mol. The van der Waals surface area contributed by atoms with E-state index < -0.39 is 18.0 Å². The lowest BCUT2D eigenvalue weighted by atomic mass is 10.3. The van der Waals surface area contributed by atoms with Crippen molar-refractivity contribution in [2.24, 2.45) is 12.8 Å². The quantitative estimate of drug-likeness (QED) is 0.617. The Balaban J connectivity index is 2.41. The maximum Gasteiger partial charge on any atom is 0.318 e. The van der Waals surface area contributed by atoms with E-state index in [0.717, 1.165) is 5.82 Å². The van der Waals surface area contributed by atoms with Crippen LogP contribution >= 0.6 is 0 Å². The van der Waals surface area contributed by atoms with E-state index in [0.29, 0.717) is 6.54 Å². The Morgan fingerprint density at radius 3 is 2.81 bits per heavy atom. The highest BCUT2D eigenvalue weighted by Gasteiger charge is 2.14. The van der Waals surface area contributed by atoms with E-state index in [1.54, 1.807) is 13.1 Å². The summed E-state index contributed by atoms with van der Waals surface area (Å²) in [7, 11) is 1.86. The first-order valence-corrected chi connectivity index (χ1v) is 4.80. The van der Waals surface area contributed by atoms with Crippen LogP contribution in [0.2, 0.25) is 0 Å². The summed E-state index contributed by atoms with van der Waals surface area (Å²) in [6.07, 6.45) is 3.48. The molecule has 0 fully saturated rings. The van der Waals surface area contributed by atoms with Crippen molar-refractivity contribution in [3.63, 3.8) is 0 Å². The summed E-state index contributed by atoms with van der Waals surface area (Å²) in [6.45, 7) is 2.08. The molecule has 0 aliphatic heterocycles. The number of urea groups is 1. The van der Waals surface area contributed by atoms with Gasteiger partial charge in [0.15, 0.2) is 0 Å². The highest BCUT2D eigenvalue weighted by atomic mass is 16.2. The maximum atomic E-state index is 11.3. The molecule has 0 bridgehead atoms. The Morgan fingerprint density at radius 2 is 2.31 bits per heavy atom. The van der Waals surface area contributed by atoms with Crippen LogP contribution in [0.5, 0.6) is 0 Å². The molecule has 0 aliphatic carbocycles. The van der Waals surface area contributed by atoms with Crippen LogP contribution in [0.25, 0.3) is 0 Å². The van der Waals surface area contributed by atoms with Gasteiger partial charge in [0.1, 0.15) is 5.82 Å². The van der Waals surface area contributed by atoms with Crippen LogP contribution < -0.4 is 16.4 Å². The van der Waals surface area contributed by atoms with E-state index >= 15 is 0 Å². The molecule has 1 atom stereocenters. The molecule has 1 unspecified atom stereocenters. The lowest BCUT2D eigenvalue weighted by molar-refractivity contribution is -0.121. The van der Waals surface area contributed by atoms with Gasteiger partial charge in [0.05, 0.1) is 12.6 Å². The summed E-state index contributed by atoms with van der Waals surface area (Å²) in [5, 5.41) is 4.93. The summed E-state index contributed by atoms with van der Waals surface area (Å²) in [6, 6.07) is -1.36. The first kappa shape index (κ1) is 12.2. The average molecular weight is 225 g/mol. The number of rotatable bonds is 4. The van der Waals surface area contributed by atoms with Crippen LogP contribution in [0.3, 0.4) is 0 Å². The molecule has 1 rings (SSSR count). The minimum Gasteiger partial charge on any atom is -0.351 e. The third-order valence-electron chi connectivity index (χ3n) is 2.13. The Labute approximate surface area is 93.0 Å². The summed E-state index contributed by atoms with van der Waals surface area (Å²) in [5.74, 6) is 0.348. The number of hydrogen-bond acceptors (Lipinski definition) is 4. The van der Waals surface area contributed by atoms with Gasteiger partial charge in [0.2, 0.25) is 5.91 Å². The Hall–Kier alpha value is -1.89. The lowest BCUT2D eigenvalue weighted by Gasteiger charge is -2.12. The number of amides is 3. The van der Waals surface area contributed by atoms with Crippen molar-refractivity contribution >= 4 is 11.9 Å². The number of primary amides is 1. The Morgan fingerprint density at radius 1 is 1.62 bits per heavy atom. The number of imidazole rings is 1. The minimum atomic E-state index is -0.851. The summed E-state index contributed by atoms with van der Waals surface area (Å²) < 4.78 is 1.84. The predicted octanol–water partition coefficient (Wildman–Crippen LogP) is -0.907. The zero-order chi connectivity index (χ0) is 12.1. The standard InChI is InChI=1S/C9H15N5O2/c1-6(8(15)13-9(10)16)12-5-7-11-3-4-14(7)2/h3-4,6,12H,5H2,1-2H3,(H3,10,13,15,16). The van der Waals surface area contributed by atoms with E-state index in [1.165, 1.54) is 0 Å². The van der Waals surface area contributed by atoms with Gasteiger partial charge in [0, 0.05) is 19.4 Å². The number of imide groups is 1. The van der Waals surface area contributed by atoms with Gasteiger partial charge in [0.25, 0.3) is 0 Å². The third-order valence-corrected chi connectivity index (χ3v) is 2.13. The molecule has 0 saturated carbocycles. The van der Waals surface area contributed by atoms with Crippen LogP contribution in [0.15, 0.2) is 12.4 Å². The second-order valence-corrected chi connectivity index (χ2v) is 3.41. The zero-order valence-electron chi connectivity index (χ0n) is 9.23. The normalized spacial score (nSPS) is 12.1. The topological polar surface area (TPSA) is 102 Å². The van der Waals surface area contributed by atoms with Crippen molar-refractivity contribution in [2.75, 3.05) is 0 Å². The second kappa shape index (κ2) is 5.26. The van der Waals surface area contributed by atoms with Crippen LogP contribution in [0.4, 0.5) is 4.79 Å². The molecule has 16 heavy (non-hydrogen) atoms. The van der Waals surface area contributed by atoms with Crippen LogP contribution in [0, 0.1) is 0 Å². The van der Waals surface area contributed by atoms with Crippen molar-refractivity contribution in [1.82, 2.24) is 20.2 Å². The SMILES string of the molecule is CC(NCc1nccn1C)C(=O)NC(N)=O. The molecular weight excluding hydrogens is 210 g/mol. The second-order valence-electron chi connectivity index (χ2n) is 3.41. The fourth-order valence-corrected chi connectivity index (χ4v) is 1.13. The van der Waals surface area contributed by atoms with Gasteiger partial charge in [-0.05, 0) is 6.92 Å². The van der Waals surface area contributed by atoms with Gasteiger partial charge < -0.3 is 10.3 Å². The summed E-state index contributed by atoms with van der Waals surface area (Å²) in [5.41, 5.74) is 4.83. The van der Waals surface area contributed by atoms with Crippen molar-refractivity contribution in [3.8, 4) is 0 Å². The van der Waals surface area contributed by atoms with E-state index in [1.807, 2.05) is 23.1 Å². The number of aryl methyl sites for hydroxylation is 1. The number of hydrogen-bond donors (Lipinski definition) is 3. The molecule has 0 radical (unpaired) electrons. The number of nitrogens with two attached hydrogens (primary N) is 1. The van der Waals surface area contributed by atoms with Gasteiger partial charge >= 0.3 is 6.03 Å². The molecule has 1 heterocycles. The first-order valence-electron chi connectivity index (χ1n) is 4.80. The molecule has 1 aromatic heterocycles. The smallest absolute Gasteiger partial charge is 0.318 e. The predicted molar refractivity (Wildman–Crippen MR) is 57.2 cm³/mol. The molecule has 3 amide bonds. The first-order chi connectivity index (χ1) is 7.50. The van der Waals surface area contributed by atoms with Crippen molar-refractivity contribution in [1.29, 1.82) is 0 Å². The average Bonchev–Trinajstić information content (AvgIpc) is 2.59. The molecule has 0 spiro atoms. The number of nitrogens with zero attached hydrogens (tertiary/aromatic N) is 2. The molecule has 0 aliphatic rings. The summed E-state index contributed by atoms with van der Waals surface area (Å²) in [4.78, 5) is 25.8. The van der Waals surface area contributed by atoms with Crippen molar-refractivity contribution in [3.05, 3.63) is 18.2 Å². The summed E-state index contributed by atoms with van der Waals surface area (Å²) >= 11 is 0. The fraction of sp³-hybridized carbons (Fsp3) is 0.444. The molecule has 1 aromatic rings. The van der Waals surface area contributed by atoms with Crippen LogP contribution in [-0.4, -0.2) is 27.5 Å².